The highest BCUT2D eigenvalue weighted by atomic mass is 35.5. The lowest BCUT2D eigenvalue weighted by Crippen LogP contribution is -2.27. The maximum absolute atomic E-state index is 10.0. The first-order chi connectivity index (χ1) is 6.91. The normalized spacial score (nSPS) is 15.3. The zero-order valence-corrected chi connectivity index (χ0v) is 10.6. The Morgan fingerprint density at radius 1 is 1.47 bits per heavy atom. The van der Waals surface area contributed by atoms with Crippen molar-refractivity contribution in [3.8, 4) is 0 Å². The average Bonchev–Trinajstić information content (AvgIpc) is 2.45. The summed E-state index contributed by atoms with van der Waals surface area (Å²) in [6.45, 7) is 5.81. The van der Waals surface area contributed by atoms with Crippen molar-refractivity contribution in [2.45, 2.75) is 45.6 Å². The molecule has 86 valence electrons. The van der Waals surface area contributed by atoms with Crippen molar-refractivity contribution in [2.24, 2.45) is 7.05 Å². The van der Waals surface area contributed by atoms with E-state index in [2.05, 4.69) is 5.10 Å². The molecular formula is C11H19ClN2O. The van der Waals surface area contributed by atoms with E-state index in [1.165, 1.54) is 0 Å². The summed E-state index contributed by atoms with van der Waals surface area (Å²) in [5.74, 6) is 0. The average molecular weight is 231 g/mol. The summed E-state index contributed by atoms with van der Waals surface area (Å²) in [5, 5.41) is 15.0. The van der Waals surface area contributed by atoms with Crippen LogP contribution in [0.4, 0.5) is 0 Å². The SMILES string of the molecule is CCc1nn(C)c(CC(C)(O)CC)c1Cl. The summed E-state index contributed by atoms with van der Waals surface area (Å²) in [6.07, 6.45) is 2.07. The quantitative estimate of drug-likeness (QED) is 0.862. The van der Waals surface area contributed by atoms with Gasteiger partial charge >= 0.3 is 0 Å². The van der Waals surface area contributed by atoms with Gasteiger partial charge < -0.3 is 5.11 Å². The lowest BCUT2D eigenvalue weighted by Gasteiger charge is -2.21. The highest BCUT2D eigenvalue weighted by molar-refractivity contribution is 6.31. The molecule has 1 heterocycles. The first kappa shape index (κ1) is 12.5. The molecule has 0 saturated heterocycles. The second-order valence-corrected chi connectivity index (χ2v) is 4.59. The fourth-order valence-corrected chi connectivity index (χ4v) is 1.86. The molecule has 1 aromatic rings. The van der Waals surface area contributed by atoms with Gasteiger partial charge in [0.15, 0.2) is 0 Å². The number of halogens is 1. The Labute approximate surface area is 96.1 Å². The third-order valence-corrected chi connectivity index (χ3v) is 3.25. The Hall–Kier alpha value is -0.540. The van der Waals surface area contributed by atoms with Crippen molar-refractivity contribution in [1.82, 2.24) is 9.78 Å². The van der Waals surface area contributed by atoms with Crippen LogP contribution in [0.15, 0.2) is 0 Å². The van der Waals surface area contributed by atoms with Crippen LogP contribution in [0.2, 0.25) is 5.02 Å². The summed E-state index contributed by atoms with van der Waals surface area (Å²) < 4.78 is 1.77. The Balaban J connectivity index is 2.99. The van der Waals surface area contributed by atoms with Gasteiger partial charge in [-0.25, -0.2) is 0 Å². The fraction of sp³-hybridized carbons (Fsp3) is 0.727. The minimum absolute atomic E-state index is 0.547. The smallest absolute Gasteiger partial charge is 0.0850 e. The van der Waals surface area contributed by atoms with Crippen molar-refractivity contribution < 1.29 is 5.11 Å². The van der Waals surface area contributed by atoms with Crippen molar-refractivity contribution in [1.29, 1.82) is 0 Å². The molecule has 0 saturated carbocycles. The molecule has 0 aliphatic rings. The number of hydrogen-bond donors (Lipinski definition) is 1. The van der Waals surface area contributed by atoms with Crippen molar-refractivity contribution >= 4 is 11.6 Å². The maximum Gasteiger partial charge on any atom is 0.0850 e. The molecule has 0 aliphatic carbocycles. The summed E-state index contributed by atoms with van der Waals surface area (Å²) in [7, 11) is 1.87. The molecular weight excluding hydrogens is 212 g/mol. The third-order valence-electron chi connectivity index (χ3n) is 2.81. The van der Waals surface area contributed by atoms with Gasteiger partial charge in [0.05, 0.1) is 22.0 Å². The van der Waals surface area contributed by atoms with E-state index in [9.17, 15) is 5.11 Å². The Bertz CT molecular complexity index is 345. The first-order valence-electron chi connectivity index (χ1n) is 5.34. The van der Waals surface area contributed by atoms with E-state index in [0.29, 0.717) is 17.9 Å². The fourth-order valence-electron chi connectivity index (χ4n) is 1.50. The monoisotopic (exact) mass is 230 g/mol. The van der Waals surface area contributed by atoms with Crippen LogP contribution in [0.5, 0.6) is 0 Å². The van der Waals surface area contributed by atoms with E-state index in [1.807, 2.05) is 27.8 Å². The minimum Gasteiger partial charge on any atom is -0.390 e. The predicted octanol–water partition coefficient (Wildman–Crippen LogP) is 2.34. The molecule has 0 aromatic carbocycles. The van der Waals surface area contributed by atoms with Crippen LogP contribution in [-0.4, -0.2) is 20.5 Å². The summed E-state index contributed by atoms with van der Waals surface area (Å²) in [5.41, 5.74) is 1.11. The Morgan fingerprint density at radius 3 is 2.47 bits per heavy atom. The van der Waals surface area contributed by atoms with Gasteiger partial charge in [-0.2, -0.15) is 5.10 Å². The highest BCUT2D eigenvalue weighted by Gasteiger charge is 2.23. The van der Waals surface area contributed by atoms with E-state index >= 15 is 0 Å². The molecule has 0 spiro atoms. The second-order valence-electron chi connectivity index (χ2n) is 4.21. The van der Waals surface area contributed by atoms with Crippen LogP contribution in [0.3, 0.4) is 0 Å². The lowest BCUT2D eigenvalue weighted by atomic mass is 9.97. The molecule has 1 N–H and O–H groups in total. The number of aromatic nitrogens is 2. The summed E-state index contributed by atoms with van der Waals surface area (Å²) >= 11 is 6.20. The first-order valence-corrected chi connectivity index (χ1v) is 5.71. The number of nitrogens with zero attached hydrogens (tertiary/aromatic N) is 2. The van der Waals surface area contributed by atoms with Gasteiger partial charge in [-0.1, -0.05) is 25.4 Å². The molecule has 0 amide bonds. The third kappa shape index (κ3) is 2.73. The largest absolute Gasteiger partial charge is 0.390 e. The van der Waals surface area contributed by atoms with E-state index in [0.717, 1.165) is 17.8 Å². The van der Waals surface area contributed by atoms with E-state index < -0.39 is 5.60 Å². The molecule has 3 nitrogen and oxygen atoms in total. The lowest BCUT2D eigenvalue weighted by molar-refractivity contribution is 0.0545. The number of aryl methyl sites for hydroxylation is 2. The van der Waals surface area contributed by atoms with Crippen LogP contribution in [0.25, 0.3) is 0 Å². The molecule has 4 heteroatoms. The Kier molecular flexibility index (Phi) is 3.79. The number of aliphatic hydroxyl groups is 1. The van der Waals surface area contributed by atoms with Crippen molar-refractivity contribution in [3.63, 3.8) is 0 Å². The van der Waals surface area contributed by atoms with Crippen molar-refractivity contribution in [2.75, 3.05) is 0 Å². The van der Waals surface area contributed by atoms with Gasteiger partial charge in [-0.15, -0.1) is 0 Å². The Morgan fingerprint density at radius 2 is 2.07 bits per heavy atom. The molecule has 1 unspecified atom stereocenters. The van der Waals surface area contributed by atoms with Crippen LogP contribution in [-0.2, 0) is 19.9 Å². The zero-order valence-electron chi connectivity index (χ0n) is 9.84. The van der Waals surface area contributed by atoms with Crippen LogP contribution >= 0.6 is 11.6 Å². The molecule has 0 bridgehead atoms. The maximum atomic E-state index is 10.0. The van der Waals surface area contributed by atoms with Gasteiger partial charge in [0, 0.05) is 13.5 Å². The predicted molar refractivity (Wildman–Crippen MR) is 62.2 cm³/mol. The molecule has 15 heavy (non-hydrogen) atoms. The molecule has 0 aliphatic heterocycles. The van der Waals surface area contributed by atoms with Crippen molar-refractivity contribution in [3.05, 3.63) is 16.4 Å². The molecule has 0 radical (unpaired) electrons. The second kappa shape index (κ2) is 4.54. The zero-order chi connectivity index (χ0) is 11.6. The number of rotatable bonds is 4. The van der Waals surface area contributed by atoms with Crippen LogP contribution in [0, 0.1) is 0 Å². The molecule has 1 rings (SSSR count). The van der Waals surface area contributed by atoms with E-state index in [-0.39, 0.29) is 0 Å². The molecule has 1 aromatic heterocycles. The van der Waals surface area contributed by atoms with Gasteiger partial charge in [-0.3, -0.25) is 4.68 Å². The molecule has 0 fully saturated rings. The standard InChI is InChI=1S/C11H19ClN2O/c1-5-8-10(12)9(14(4)13-8)7-11(3,15)6-2/h15H,5-7H2,1-4H3. The van der Waals surface area contributed by atoms with Gasteiger partial charge in [0.2, 0.25) is 0 Å². The minimum atomic E-state index is -0.706. The van der Waals surface area contributed by atoms with Gasteiger partial charge in [-0.05, 0) is 19.8 Å². The molecule has 1 atom stereocenters. The van der Waals surface area contributed by atoms with Gasteiger partial charge in [0.1, 0.15) is 0 Å². The van der Waals surface area contributed by atoms with E-state index in [4.69, 9.17) is 11.6 Å². The topological polar surface area (TPSA) is 38.0 Å². The van der Waals surface area contributed by atoms with E-state index in [1.54, 1.807) is 4.68 Å². The highest BCUT2D eigenvalue weighted by Crippen LogP contribution is 2.25. The van der Waals surface area contributed by atoms with Crippen LogP contribution < -0.4 is 0 Å². The summed E-state index contributed by atoms with van der Waals surface area (Å²) in [4.78, 5) is 0. The number of hydrogen-bond acceptors (Lipinski definition) is 2. The van der Waals surface area contributed by atoms with Crippen LogP contribution in [0.1, 0.15) is 38.6 Å². The van der Waals surface area contributed by atoms with Gasteiger partial charge in [0.25, 0.3) is 0 Å². The summed E-state index contributed by atoms with van der Waals surface area (Å²) in [6, 6.07) is 0.